The molecule has 3 N–H and O–H groups in total. The topological polar surface area (TPSA) is 134 Å². The van der Waals surface area contributed by atoms with Gasteiger partial charge in [-0.25, -0.2) is 9.98 Å². The molecule has 2 aliphatic heterocycles. The fourth-order valence-electron chi connectivity index (χ4n) is 2.72. The number of hydrazone groups is 1. The predicted octanol–water partition coefficient (Wildman–Crippen LogP) is 3.09. The van der Waals surface area contributed by atoms with Crippen molar-refractivity contribution in [3.63, 3.8) is 0 Å². The van der Waals surface area contributed by atoms with Crippen molar-refractivity contribution >= 4 is 49.1 Å². The van der Waals surface area contributed by atoms with Crippen molar-refractivity contribution < 1.29 is 23.6 Å². The maximum absolute atomic E-state index is 4.70. The van der Waals surface area contributed by atoms with Crippen LogP contribution in [0, 0.1) is 0 Å². The van der Waals surface area contributed by atoms with Gasteiger partial charge in [-0.1, -0.05) is 24.3 Å². The molecule has 2 aliphatic rings. The number of nitrogens with zero attached hydrogens (tertiary/aromatic N) is 5. The Morgan fingerprint density at radius 3 is 1.66 bits per heavy atom. The van der Waals surface area contributed by atoms with Gasteiger partial charge in [0.15, 0.2) is 0 Å². The van der Waals surface area contributed by atoms with E-state index >= 15 is 0 Å². The largest absolute Gasteiger partial charge is 0.870 e. The second-order valence-corrected chi connectivity index (χ2v) is 7.36. The third-order valence-electron chi connectivity index (χ3n) is 3.93. The summed E-state index contributed by atoms with van der Waals surface area (Å²) in [5.41, 5.74) is 6.66. The van der Waals surface area contributed by atoms with Crippen LogP contribution < -0.4 is 16.1 Å². The molecule has 0 bridgehead atoms. The fourth-order valence-corrected chi connectivity index (χ4v) is 2.72. The van der Waals surface area contributed by atoms with E-state index in [1.807, 2.05) is 62.4 Å². The predicted molar refractivity (Wildman–Crippen MR) is 111 cm³/mol. The first-order valence-corrected chi connectivity index (χ1v) is 10.7. The molecular formula is C18H18Cl2N6NiO2-2. The molecular weight excluding hydrogens is 462 g/mol. The quantitative estimate of drug-likeness (QED) is 0.523. The zero-order valence-electron chi connectivity index (χ0n) is 15.4. The van der Waals surface area contributed by atoms with Crippen molar-refractivity contribution in [1.82, 2.24) is 5.43 Å². The molecule has 0 saturated carbocycles. The second-order valence-electron chi connectivity index (χ2n) is 5.73. The smallest absolute Gasteiger partial charge is 0.870 e. The molecule has 0 amide bonds. The third-order valence-corrected chi connectivity index (χ3v) is 3.93. The van der Waals surface area contributed by atoms with Crippen LogP contribution in [-0.4, -0.2) is 34.4 Å². The zero-order chi connectivity index (χ0) is 19.2. The molecule has 0 unspecified atom stereocenters. The maximum atomic E-state index is 4.70. The Morgan fingerprint density at radius 2 is 1.21 bits per heavy atom. The summed E-state index contributed by atoms with van der Waals surface area (Å²) in [6, 6.07) is 15.4. The molecule has 4 rings (SSSR count). The molecule has 8 nitrogen and oxygen atoms in total. The summed E-state index contributed by atoms with van der Waals surface area (Å²) >= 11 is 0.569. The van der Waals surface area contributed by atoms with Crippen LogP contribution in [0.25, 0.3) is 0 Å². The Hall–Kier alpha value is -2.16. The van der Waals surface area contributed by atoms with Gasteiger partial charge in [0, 0.05) is 11.4 Å². The average Bonchev–Trinajstić information content (AvgIpc) is 3.02. The van der Waals surface area contributed by atoms with E-state index in [1.165, 1.54) is 0 Å². The number of benzene rings is 2. The number of halogens is 2. The number of rotatable bonds is 2. The van der Waals surface area contributed by atoms with E-state index in [0.717, 1.165) is 33.5 Å². The zero-order valence-corrected chi connectivity index (χ0v) is 17.9. The van der Waals surface area contributed by atoms with Crippen LogP contribution in [-0.2, 0) is 12.7 Å². The molecule has 158 valence electrons. The summed E-state index contributed by atoms with van der Waals surface area (Å²) in [6.07, 6.45) is 0. The average molecular weight is 480 g/mol. The number of hydrogen-bond acceptors (Lipinski definition) is 6. The van der Waals surface area contributed by atoms with E-state index in [2.05, 4.69) is 30.5 Å². The molecule has 0 aromatic heterocycles. The summed E-state index contributed by atoms with van der Waals surface area (Å²) in [7, 11) is 9.40. The van der Waals surface area contributed by atoms with Gasteiger partial charge in [0.25, 0.3) is 5.96 Å². The Morgan fingerprint density at radius 1 is 0.793 bits per heavy atom. The molecule has 2 aromatic rings. The SMILES string of the molecule is CC1=Nc2ccccc2N=C(C)C1NN=C1N=c2ccccc2=N1.[Cl][Ni][Cl].[OH-].[OH-]. The molecule has 2 heterocycles. The van der Waals surface area contributed by atoms with Crippen LogP contribution in [0.1, 0.15) is 13.8 Å². The Bertz CT molecular complexity index is 982. The number of hydrogen-bond donors (Lipinski definition) is 1. The van der Waals surface area contributed by atoms with Crippen molar-refractivity contribution in [2.24, 2.45) is 25.1 Å². The number of fused-ring (bicyclic) bond motifs is 2. The summed E-state index contributed by atoms with van der Waals surface area (Å²) < 4.78 is 0. The van der Waals surface area contributed by atoms with Gasteiger partial charge < -0.3 is 11.0 Å². The van der Waals surface area contributed by atoms with Gasteiger partial charge in [0.1, 0.15) is 6.04 Å². The van der Waals surface area contributed by atoms with E-state index in [0.29, 0.717) is 18.6 Å². The molecule has 0 spiro atoms. The van der Waals surface area contributed by atoms with Gasteiger partial charge in [0.05, 0.1) is 22.1 Å². The Labute approximate surface area is 182 Å². The van der Waals surface area contributed by atoms with Gasteiger partial charge in [-0.2, -0.15) is 0 Å². The number of guanidine groups is 1. The third kappa shape index (κ3) is 6.16. The standard InChI is InChI=1S/C18H16N6.2ClH.Ni.2H2O/c1-11-17(12(2)20-14-8-4-3-7-13(14)19-11)23-24-18-21-15-9-5-6-10-16(15)22-18;;;;;/h3-10,17,23H,1-2H3;2*1H;;2*1H2/q;;;+2;;/p-4. The monoisotopic (exact) mass is 478 g/mol. The minimum atomic E-state index is -0.181. The van der Waals surface area contributed by atoms with Crippen molar-refractivity contribution in [2.75, 3.05) is 0 Å². The Kier molecular flexibility index (Phi) is 10.1. The first-order valence-electron chi connectivity index (χ1n) is 8.00. The first kappa shape index (κ1) is 24.9. The van der Waals surface area contributed by atoms with Crippen LogP contribution in [0.3, 0.4) is 0 Å². The van der Waals surface area contributed by atoms with Gasteiger partial charge >= 0.3 is 33.0 Å². The van der Waals surface area contributed by atoms with E-state index in [9.17, 15) is 0 Å². The molecule has 0 atom stereocenters. The number of aliphatic imine (C=N–C) groups is 2. The molecule has 0 saturated heterocycles. The molecule has 0 radical (unpaired) electrons. The molecule has 29 heavy (non-hydrogen) atoms. The van der Waals surface area contributed by atoms with E-state index in [-0.39, 0.29) is 17.0 Å². The molecule has 0 aliphatic carbocycles. The van der Waals surface area contributed by atoms with Crippen LogP contribution in [0.15, 0.2) is 73.6 Å². The van der Waals surface area contributed by atoms with Crippen LogP contribution in [0.2, 0.25) is 0 Å². The van der Waals surface area contributed by atoms with E-state index in [4.69, 9.17) is 20.4 Å². The molecule has 0 fully saturated rings. The van der Waals surface area contributed by atoms with Crippen molar-refractivity contribution in [3.05, 3.63) is 59.2 Å². The van der Waals surface area contributed by atoms with Gasteiger partial charge in [0.2, 0.25) is 0 Å². The minimum absolute atomic E-state index is 0. The van der Waals surface area contributed by atoms with Crippen LogP contribution in [0.5, 0.6) is 0 Å². The first-order chi connectivity index (χ1) is 13.1. The summed E-state index contributed by atoms with van der Waals surface area (Å²) in [4.78, 5) is 18.1. The van der Waals surface area contributed by atoms with Crippen LogP contribution in [0.4, 0.5) is 11.4 Å². The van der Waals surface area contributed by atoms with E-state index < -0.39 is 0 Å². The minimum Gasteiger partial charge on any atom is -0.870 e. The fraction of sp³-hybridized carbons (Fsp3) is 0.167. The summed E-state index contributed by atoms with van der Waals surface area (Å²) in [6.45, 7) is 3.94. The van der Waals surface area contributed by atoms with Gasteiger partial charge in [-0.3, -0.25) is 15.4 Å². The summed E-state index contributed by atoms with van der Waals surface area (Å²) in [5.74, 6) is 0.415. The van der Waals surface area contributed by atoms with Crippen molar-refractivity contribution in [1.29, 1.82) is 0 Å². The van der Waals surface area contributed by atoms with Gasteiger partial charge in [-0.05, 0) is 38.1 Å². The van der Waals surface area contributed by atoms with Gasteiger partial charge in [-0.15, -0.1) is 5.10 Å². The number of para-hydroxylation sites is 4. The summed E-state index contributed by atoms with van der Waals surface area (Å²) in [5, 5.41) is 6.01. The normalized spacial score (nSPS) is 14.0. The second kappa shape index (κ2) is 11.8. The molecule has 11 heteroatoms. The number of nitrogens with one attached hydrogen (secondary N) is 1. The molecule has 2 aromatic carbocycles. The maximum Gasteiger partial charge on any atom is -0.870 e. The van der Waals surface area contributed by atoms with E-state index in [1.54, 1.807) is 0 Å². The van der Waals surface area contributed by atoms with Crippen LogP contribution >= 0.6 is 20.4 Å². The van der Waals surface area contributed by atoms with Crippen molar-refractivity contribution in [3.8, 4) is 0 Å². The Balaban J connectivity index is 0.000000794. The van der Waals surface area contributed by atoms with Crippen molar-refractivity contribution in [2.45, 2.75) is 19.9 Å².